The molecule has 0 saturated carbocycles. The van der Waals surface area contributed by atoms with Gasteiger partial charge in [-0.15, -0.1) is 0 Å². The van der Waals surface area contributed by atoms with Crippen molar-refractivity contribution in [2.45, 2.75) is 11.1 Å². The average Bonchev–Trinajstić information content (AvgIpc) is 2.36. The smallest absolute Gasteiger partial charge is 0.246 e. The summed E-state index contributed by atoms with van der Waals surface area (Å²) in [6, 6.07) is 2.30. The van der Waals surface area contributed by atoms with Gasteiger partial charge in [0.25, 0.3) is 0 Å². The predicted molar refractivity (Wildman–Crippen MR) is 69.1 cm³/mol. The van der Waals surface area contributed by atoms with Gasteiger partial charge in [-0.3, -0.25) is 0 Å². The number of sulfonamides is 1. The highest BCUT2D eigenvalue weighted by atomic mass is 35.5. The van der Waals surface area contributed by atoms with Gasteiger partial charge in [0.05, 0.1) is 29.4 Å². The van der Waals surface area contributed by atoms with E-state index in [4.69, 9.17) is 33.7 Å². The van der Waals surface area contributed by atoms with Crippen molar-refractivity contribution in [3.63, 3.8) is 0 Å². The number of ether oxygens (including phenoxy) is 1. The molecule has 19 heavy (non-hydrogen) atoms. The van der Waals surface area contributed by atoms with Crippen LogP contribution in [0.25, 0.3) is 0 Å². The summed E-state index contributed by atoms with van der Waals surface area (Å²) in [7, 11) is -3.98. The molecule has 0 aliphatic carbocycles. The second-order valence-corrected chi connectivity index (χ2v) is 6.58. The molecule has 9 heteroatoms. The summed E-state index contributed by atoms with van der Waals surface area (Å²) >= 11 is 11.3. The van der Waals surface area contributed by atoms with E-state index in [1.165, 1.54) is 0 Å². The van der Waals surface area contributed by atoms with Crippen LogP contribution in [0.1, 0.15) is 0 Å². The molecule has 0 aromatic heterocycles. The van der Waals surface area contributed by atoms with Gasteiger partial charge in [0, 0.05) is 6.54 Å². The SMILES string of the molecule is NC1COCCN1S(=O)(=O)c1ccc(Cl)c(F)c1Cl. The standard InChI is InChI=1S/C10H11Cl2FN2O3S/c11-6-1-2-7(9(12)10(6)13)19(16,17)15-3-4-18-5-8(15)14/h1-2,8H,3-5,14H2. The minimum absolute atomic E-state index is 0.0763. The first kappa shape index (κ1) is 15.0. The lowest BCUT2D eigenvalue weighted by atomic mass is 10.3. The number of hydrogen-bond acceptors (Lipinski definition) is 4. The quantitative estimate of drug-likeness (QED) is 0.834. The zero-order chi connectivity index (χ0) is 14.2. The Bertz CT molecular complexity index is 597. The normalized spacial score (nSPS) is 21.6. The minimum atomic E-state index is -3.98. The van der Waals surface area contributed by atoms with Gasteiger partial charge >= 0.3 is 0 Å². The predicted octanol–water partition coefficient (Wildman–Crippen LogP) is 1.44. The van der Waals surface area contributed by atoms with E-state index in [1.54, 1.807) is 0 Å². The minimum Gasteiger partial charge on any atom is -0.377 e. The van der Waals surface area contributed by atoms with Crippen molar-refractivity contribution < 1.29 is 17.5 Å². The highest BCUT2D eigenvalue weighted by molar-refractivity contribution is 7.89. The number of halogens is 3. The lowest BCUT2D eigenvalue weighted by molar-refractivity contribution is 0.0350. The number of rotatable bonds is 2. The highest BCUT2D eigenvalue weighted by Gasteiger charge is 2.34. The molecule has 1 unspecified atom stereocenters. The van der Waals surface area contributed by atoms with E-state index in [0.29, 0.717) is 0 Å². The van der Waals surface area contributed by atoms with E-state index < -0.39 is 27.0 Å². The van der Waals surface area contributed by atoms with Crippen LogP contribution in [0.15, 0.2) is 17.0 Å². The van der Waals surface area contributed by atoms with Crippen LogP contribution in [0, 0.1) is 5.82 Å². The van der Waals surface area contributed by atoms with Gasteiger partial charge in [0.15, 0.2) is 5.82 Å². The van der Waals surface area contributed by atoms with E-state index in [0.717, 1.165) is 16.4 Å². The molecule has 1 heterocycles. The lowest BCUT2D eigenvalue weighted by Crippen LogP contribution is -2.53. The Morgan fingerprint density at radius 3 is 2.74 bits per heavy atom. The van der Waals surface area contributed by atoms with Gasteiger partial charge in [-0.2, -0.15) is 4.31 Å². The first-order valence-electron chi connectivity index (χ1n) is 5.34. The molecule has 1 saturated heterocycles. The maximum Gasteiger partial charge on any atom is 0.246 e. The Balaban J connectivity index is 2.48. The summed E-state index contributed by atoms with van der Waals surface area (Å²) in [6.07, 6.45) is -0.825. The molecule has 0 bridgehead atoms. The van der Waals surface area contributed by atoms with Crippen molar-refractivity contribution in [3.05, 3.63) is 28.0 Å². The third kappa shape index (κ3) is 2.72. The van der Waals surface area contributed by atoms with Crippen LogP contribution in [-0.4, -0.2) is 38.6 Å². The molecule has 1 aliphatic heterocycles. The fourth-order valence-corrected chi connectivity index (χ4v) is 3.94. The Labute approximate surface area is 120 Å². The number of morpholine rings is 1. The molecule has 106 valence electrons. The second-order valence-electron chi connectivity index (χ2n) is 3.93. The highest BCUT2D eigenvalue weighted by Crippen LogP contribution is 2.31. The van der Waals surface area contributed by atoms with Gasteiger partial charge in [-0.05, 0) is 12.1 Å². The molecule has 2 N–H and O–H groups in total. The topological polar surface area (TPSA) is 72.6 Å². The Hall–Kier alpha value is -0.440. The molecule has 1 aliphatic rings. The molecule has 0 spiro atoms. The fraction of sp³-hybridized carbons (Fsp3) is 0.400. The summed E-state index contributed by atoms with van der Waals surface area (Å²) in [6.45, 7) is 0.387. The van der Waals surface area contributed by atoms with Gasteiger partial charge in [-0.1, -0.05) is 23.2 Å². The van der Waals surface area contributed by atoms with Gasteiger partial charge < -0.3 is 10.5 Å². The van der Waals surface area contributed by atoms with Crippen molar-refractivity contribution in [3.8, 4) is 0 Å². The van der Waals surface area contributed by atoms with E-state index in [-0.39, 0.29) is 29.7 Å². The fourth-order valence-electron chi connectivity index (χ4n) is 1.74. The van der Waals surface area contributed by atoms with Crippen LogP contribution in [-0.2, 0) is 14.8 Å². The molecular weight excluding hydrogens is 318 g/mol. The number of hydrogen-bond donors (Lipinski definition) is 1. The first-order valence-corrected chi connectivity index (χ1v) is 7.54. The first-order chi connectivity index (χ1) is 8.85. The third-order valence-corrected chi connectivity index (χ3v) is 5.44. The van der Waals surface area contributed by atoms with Crippen molar-refractivity contribution >= 4 is 33.2 Å². The van der Waals surface area contributed by atoms with Gasteiger partial charge in [0.2, 0.25) is 10.0 Å². The van der Waals surface area contributed by atoms with Crippen LogP contribution < -0.4 is 5.73 Å². The van der Waals surface area contributed by atoms with Gasteiger partial charge in [0.1, 0.15) is 4.90 Å². The summed E-state index contributed by atoms with van der Waals surface area (Å²) in [4.78, 5) is -0.353. The summed E-state index contributed by atoms with van der Waals surface area (Å²) in [5, 5.41) is -0.776. The summed E-state index contributed by atoms with van der Waals surface area (Å²) in [5.74, 6) is -0.966. The number of nitrogens with two attached hydrogens (primary N) is 1. The molecule has 0 amide bonds. The van der Waals surface area contributed by atoms with Crippen LogP contribution in [0.2, 0.25) is 10.0 Å². The molecule has 1 fully saturated rings. The average molecular weight is 329 g/mol. The molecule has 2 rings (SSSR count). The van der Waals surface area contributed by atoms with Crippen LogP contribution in [0.5, 0.6) is 0 Å². The van der Waals surface area contributed by atoms with Crippen molar-refractivity contribution in [1.29, 1.82) is 0 Å². The Morgan fingerprint density at radius 1 is 1.42 bits per heavy atom. The van der Waals surface area contributed by atoms with E-state index >= 15 is 0 Å². The molecule has 0 radical (unpaired) electrons. The third-order valence-electron chi connectivity index (χ3n) is 2.70. The van der Waals surface area contributed by atoms with Crippen molar-refractivity contribution in [2.24, 2.45) is 5.73 Å². The maximum atomic E-state index is 13.6. The largest absolute Gasteiger partial charge is 0.377 e. The molecule has 1 atom stereocenters. The second kappa shape index (κ2) is 5.51. The van der Waals surface area contributed by atoms with E-state index in [9.17, 15) is 12.8 Å². The number of benzene rings is 1. The van der Waals surface area contributed by atoms with Crippen LogP contribution >= 0.6 is 23.2 Å². The maximum absolute atomic E-state index is 13.6. The van der Waals surface area contributed by atoms with E-state index in [1.807, 2.05) is 0 Å². The lowest BCUT2D eigenvalue weighted by Gasteiger charge is -2.32. The van der Waals surface area contributed by atoms with Crippen LogP contribution in [0.4, 0.5) is 4.39 Å². The van der Waals surface area contributed by atoms with Crippen molar-refractivity contribution in [1.82, 2.24) is 4.31 Å². The summed E-state index contributed by atoms with van der Waals surface area (Å²) in [5.41, 5.74) is 5.68. The zero-order valence-corrected chi connectivity index (χ0v) is 12.0. The Kier molecular flexibility index (Phi) is 4.34. The van der Waals surface area contributed by atoms with Crippen molar-refractivity contribution in [2.75, 3.05) is 19.8 Å². The molecule has 1 aromatic rings. The molecule has 1 aromatic carbocycles. The van der Waals surface area contributed by atoms with E-state index in [2.05, 4.69) is 0 Å². The zero-order valence-electron chi connectivity index (χ0n) is 9.64. The van der Waals surface area contributed by atoms with Gasteiger partial charge in [-0.25, -0.2) is 12.8 Å². The monoisotopic (exact) mass is 328 g/mol. The summed E-state index contributed by atoms with van der Waals surface area (Å²) < 4.78 is 44.4. The number of nitrogens with zero attached hydrogens (tertiary/aromatic N) is 1. The van der Waals surface area contributed by atoms with Crippen LogP contribution in [0.3, 0.4) is 0 Å². The molecule has 5 nitrogen and oxygen atoms in total. The Morgan fingerprint density at radius 2 is 2.11 bits per heavy atom. The molecular formula is C10H11Cl2FN2O3S.